The van der Waals surface area contributed by atoms with Crippen molar-refractivity contribution in [3.63, 3.8) is 0 Å². The molecule has 1 aromatic carbocycles. The van der Waals surface area contributed by atoms with Crippen LogP contribution in [0.25, 0.3) is 0 Å². The standard InChI is InChI=1S/C10H12ClNO2.ClH/c1-6-5-7(11)3-4-8(6)9(12)10(13)14-2;/h3-5,9H,12H2,1-2H3;1H/t9-;/m1./s1. The summed E-state index contributed by atoms with van der Waals surface area (Å²) in [5, 5.41) is 0.628. The van der Waals surface area contributed by atoms with Crippen LogP contribution >= 0.6 is 24.0 Å². The minimum Gasteiger partial charge on any atom is -0.468 e. The summed E-state index contributed by atoms with van der Waals surface area (Å²) in [6.07, 6.45) is 0. The van der Waals surface area contributed by atoms with Crippen LogP contribution in [0.15, 0.2) is 18.2 Å². The Labute approximate surface area is 100.0 Å². The fourth-order valence-corrected chi connectivity index (χ4v) is 1.47. The van der Waals surface area contributed by atoms with Gasteiger partial charge in [0.2, 0.25) is 0 Å². The zero-order chi connectivity index (χ0) is 10.7. The largest absolute Gasteiger partial charge is 0.468 e. The smallest absolute Gasteiger partial charge is 0.327 e. The van der Waals surface area contributed by atoms with E-state index in [1.165, 1.54) is 7.11 Å². The number of benzene rings is 1. The van der Waals surface area contributed by atoms with Crippen LogP contribution in [0, 0.1) is 6.92 Å². The number of aryl methyl sites for hydroxylation is 1. The van der Waals surface area contributed by atoms with Crippen LogP contribution in [0.3, 0.4) is 0 Å². The van der Waals surface area contributed by atoms with Crippen LogP contribution in [0.2, 0.25) is 5.02 Å². The molecule has 1 aromatic rings. The van der Waals surface area contributed by atoms with Gasteiger partial charge in [-0.15, -0.1) is 12.4 Å². The Morgan fingerprint density at radius 1 is 1.53 bits per heavy atom. The Kier molecular flexibility index (Phi) is 5.65. The fourth-order valence-electron chi connectivity index (χ4n) is 1.24. The summed E-state index contributed by atoms with van der Waals surface area (Å²) in [5.74, 6) is -0.449. The minimum atomic E-state index is -0.739. The third-order valence-electron chi connectivity index (χ3n) is 2.02. The van der Waals surface area contributed by atoms with Crippen molar-refractivity contribution in [1.82, 2.24) is 0 Å². The van der Waals surface area contributed by atoms with Gasteiger partial charge in [0, 0.05) is 5.02 Å². The van der Waals surface area contributed by atoms with E-state index in [1.807, 2.05) is 6.92 Å². The minimum absolute atomic E-state index is 0. The molecule has 0 unspecified atom stereocenters. The van der Waals surface area contributed by atoms with E-state index in [0.29, 0.717) is 5.02 Å². The molecule has 0 spiro atoms. The van der Waals surface area contributed by atoms with Crippen LogP contribution in [0.4, 0.5) is 0 Å². The molecule has 15 heavy (non-hydrogen) atoms. The van der Waals surface area contributed by atoms with Crippen LogP contribution in [0.1, 0.15) is 17.2 Å². The van der Waals surface area contributed by atoms with E-state index in [4.69, 9.17) is 17.3 Å². The van der Waals surface area contributed by atoms with Gasteiger partial charge in [0.15, 0.2) is 0 Å². The number of esters is 1. The molecule has 2 N–H and O–H groups in total. The number of nitrogens with two attached hydrogens (primary N) is 1. The third-order valence-corrected chi connectivity index (χ3v) is 2.26. The Morgan fingerprint density at radius 2 is 2.13 bits per heavy atom. The zero-order valence-corrected chi connectivity index (χ0v) is 10.1. The quantitative estimate of drug-likeness (QED) is 0.819. The van der Waals surface area contributed by atoms with Gasteiger partial charge in [0.25, 0.3) is 0 Å². The number of carbonyl (C=O) groups is 1. The van der Waals surface area contributed by atoms with Gasteiger partial charge in [0.1, 0.15) is 6.04 Å². The second kappa shape index (κ2) is 5.95. The van der Waals surface area contributed by atoms with Gasteiger partial charge in [-0.2, -0.15) is 0 Å². The highest BCUT2D eigenvalue weighted by molar-refractivity contribution is 6.30. The molecule has 0 saturated heterocycles. The van der Waals surface area contributed by atoms with Crippen molar-refractivity contribution in [3.05, 3.63) is 34.3 Å². The second-order valence-corrected chi connectivity index (χ2v) is 3.44. The van der Waals surface area contributed by atoms with Crippen molar-refractivity contribution < 1.29 is 9.53 Å². The van der Waals surface area contributed by atoms with Crippen LogP contribution < -0.4 is 5.73 Å². The summed E-state index contributed by atoms with van der Waals surface area (Å²) in [6, 6.07) is 4.46. The average Bonchev–Trinajstić information content (AvgIpc) is 2.15. The molecule has 0 bridgehead atoms. The van der Waals surface area contributed by atoms with Crippen molar-refractivity contribution in [3.8, 4) is 0 Å². The maximum Gasteiger partial charge on any atom is 0.327 e. The predicted molar refractivity (Wildman–Crippen MR) is 62.4 cm³/mol. The first-order chi connectivity index (χ1) is 6.56. The summed E-state index contributed by atoms with van der Waals surface area (Å²) in [4.78, 5) is 11.2. The molecule has 0 amide bonds. The van der Waals surface area contributed by atoms with Crippen molar-refractivity contribution in [2.45, 2.75) is 13.0 Å². The summed E-state index contributed by atoms with van der Waals surface area (Å²) in [6.45, 7) is 1.85. The van der Waals surface area contributed by atoms with Crippen molar-refractivity contribution in [2.24, 2.45) is 5.73 Å². The Morgan fingerprint density at radius 3 is 2.60 bits per heavy atom. The Hall–Kier alpha value is -0.770. The van der Waals surface area contributed by atoms with E-state index < -0.39 is 12.0 Å². The van der Waals surface area contributed by atoms with E-state index in [-0.39, 0.29) is 12.4 Å². The number of hydrogen-bond acceptors (Lipinski definition) is 3. The first-order valence-electron chi connectivity index (χ1n) is 4.15. The lowest BCUT2D eigenvalue weighted by Gasteiger charge is -2.12. The first kappa shape index (κ1) is 14.2. The molecule has 0 aliphatic heterocycles. The predicted octanol–water partition coefficient (Wildman–Crippen LogP) is 2.24. The molecule has 0 aliphatic rings. The highest BCUT2D eigenvalue weighted by Crippen LogP contribution is 2.20. The summed E-state index contributed by atoms with van der Waals surface area (Å²) in [5.41, 5.74) is 7.30. The SMILES string of the molecule is COC(=O)[C@H](N)c1ccc(Cl)cc1C.Cl. The number of ether oxygens (including phenoxy) is 1. The first-order valence-corrected chi connectivity index (χ1v) is 4.53. The number of methoxy groups -OCH3 is 1. The molecule has 0 aromatic heterocycles. The zero-order valence-electron chi connectivity index (χ0n) is 8.49. The van der Waals surface area contributed by atoms with Gasteiger partial charge in [-0.3, -0.25) is 4.79 Å². The van der Waals surface area contributed by atoms with Gasteiger partial charge in [-0.1, -0.05) is 17.7 Å². The number of halogens is 2. The normalized spacial score (nSPS) is 11.5. The summed E-state index contributed by atoms with van der Waals surface area (Å²) < 4.78 is 4.55. The van der Waals surface area contributed by atoms with Gasteiger partial charge in [-0.05, 0) is 30.2 Å². The topological polar surface area (TPSA) is 52.3 Å². The lowest BCUT2D eigenvalue weighted by molar-refractivity contribution is -0.142. The molecule has 3 nitrogen and oxygen atoms in total. The lowest BCUT2D eigenvalue weighted by Crippen LogP contribution is -2.23. The van der Waals surface area contributed by atoms with E-state index in [1.54, 1.807) is 18.2 Å². The van der Waals surface area contributed by atoms with Crippen LogP contribution in [-0.4, -0.2) is 13.1 Å². The number of carbonyl (C=O) groups excluding carboxylic acids is 1. The van der Waals surface area contributed by atoms with E-state index >= 15 is 0 Å². The average molecular weight is 250 g/mol. The molecule has 0 radical (unpaired) electrons. The Bertz CT molecular complexity index is 355. The molecule has 1 rings (SSSR count). The molecule has 84 valence electrons. The van der Waals surface area contributed by atoms with E-state index in [0.717, 1.165) is 11.1 Å². The van der Waals surface area contributed by atoms with E-state index in [2.05, 4.69) is 4.74 Å². The molecular weight excluding hydrogens is 237 g/mol. The molecule has 5 heteroatoms. The van der Waals surface area contributed by atoms with Gasteiger partial charge < -0.3 is 10.5 Å². The molecular formula is C10H13Cl2NO2. The van der Waals surface area contributed by atoms with Gasteiger partial charge >= 0.3 is 5.97 Å². The number of rotatable bonds is 2. The highest BCUT2D eigenvalue weighted by atomic mass is 35.5. The molecule has 1 atom stereocenters. The van der Waals surface area contributed by atoms with E-state index in [9.17, 15) is 4.79 Å². The van der Waals surface area contributed by atoms with Crippen LogP contribution in [-0.2, 0) is 9.53 Å². The maximum absolute atomic E-state index is 11.2. The maximum atomic E-state index is 11.2. The molecule has 0 saturated carbocycles. The fraction of sp³-hybridized carbons (Fsp3) is 0.300. The molecule has 0 aliphatic carbocycles. The molecule has 0 heterocycles. The summed E-state index contributed by atoms with van der Waals surface area (Å²) >= 11 is 5.78. The lowest BCUT2D eigenvalue weighted by atomic mass is 10.0. The summed E-state index contributed by atoms with van der Waals surface area (Å²) in [7, 11) is 1.31. The van der Waals surface area contributed by atoms with Crippen LogP contribution in [0.5, 0.6) is 0 Å². The van der Waals surface area contributed by atoms with Gasteiger partial charge in [-0.25, -0.2) is 0 Å². The Balaban J connectivity index is 0.00000196. The van der Waals surface area contributed by atoms with Gasteiger partial charge in [0.05, 0.1) is 7.11 Å². The number of hydrogen-bond donors (Lipinski definition) is 1. The molecule has 0 fully saturated rings. The van der Waals surface area contributed by atoms with Crippen molar-refractivity contribution in [1.29, 1.82) is 0 Å². The van der Waals surface area contributed by atoms with Crippen molar-refractivity contribution >= 4 is 30.0 Å². The van der Waals surface area contributed by atoms with Crippen molar-refractivity contribution in [2.75, 3.05) is 7.11 Å². The monoisotopic (exact) mass is 249 g/mol. The highest BCUT2D eigenvalue weighted by Gasteiger charge is 2.17. The third kappa shape index (κ3) is 3.38. The second-order valence-electron chi connectivity index (χ2n) is 3.00.